The van der Waals surface area contributed by atoms with Crippen molar-refractivity contribution in [2.75, 3.05) is 24.3 Å². The number of anilines is 2. The zero-order valence-corrected chi connectivity index (χ0v) is 14.9. The van der Waals surface area contributed by atoms with Crippen molar-refractivity contribution in [2.45, 2.75) is 0 Å². The van der Waals surface area contributed by atoms with Crippen LogP contribution in [-0.4, -0.2) is 25.0 Å². The molecule has 0 spiro atoms. The van der Waals surface area contributed by atoms with Gasteiger partial charge in [-0.2, -0.15) is 5.26 Å². The fourth-order valence-electron chi connectivity index (χ4n) is 2.59. The van der Waals surface area contributed by atoms with Crippen molar-refractivity contribution in [3.05, 3.63) is 77.9 Å². The Labute approximate surface area is 156 Å². The number of hydrogen-bond acceptors (Lipinski definition) is 4. The lowest BCUT2D eigenvalue weighted by Gasteiger charge is -2.13. The standard InChI is InChI=1S/C21H17FN4O/c1-26(2)19-6-3-14(4-7-19)16-9-17(13-24-12-16)21(27)25-20-8-5-18(22)10-15(20)11-23/h3-10,12-13H,1-2H3,(H,25,27). The van der Waals surface area contributed by atoms with Crippen molar-refractivity contribution >= 4 is 17.3 Å². The smallest absolute Gasteiger partial charge is 0.257 e. The maximum atomic E-state index is 13.2. The van der Waals surface area contributed by atoms with E-state index in [9.17, 15) is 9.18 Å². The van der Waals surface area contributed by atoms with E-state index in [0.29, 0.717) is 5.56 Å². The Kier molecular flexibility index (Phi) is 5.13. The van der Waals surface area contributed by atoms with Crippen LogP contribution in [0, 0.1) is 17.1 Å². The molecule has 5 nitrogen and oxygen atoms in total. The average Bonchev–Trinajstić information content (AvgIpc) is 2.69. The molecular weight excluding hydrogens is 343 g/mol. The first kappa shape index (κ1) is 18.1. The van der Waals surface area contributed by atoms with Crippen LogP contribution >= 0.6 is 0 Å². The summed E-state index contributed by atoms with van der Waals surface area (Å²) >= 11 is 0. The second kappa shape index (κ2) is 7.67. The monoisotopic (exact) mass is 360 g/mol. The van der Waals surface area contributed by atoms with Crippen LogP contribution in [0.4, 0.5) is 15.8 Å². The molecule has 0 aliphatic rings. The van der Waals surface area contributed by atoms with Crippen molar-refractivity contribution in [3.63, 3.8) is 0 Å². The van der Waals surface area contributed by atoms with Crippen LogP contribution in [0.5, 0.6) is 0 Å². The van der Waals surface area contributed by atoms with E-state index in [-0.39, 0.29) is 11.3 Å². The number of hydrogen-bond donors (Lipinski definition) is 1. The molecule has 1 aromatic heterocycles. The summed E-state index contributed by atoms with van der Waals surface area (Å²) < 4.78 is 13.2. The van der Waals surface area contributed by atoms with Crippen LogP contribution in [0.3, 0.4) is 0 Å². The Morgan fingerprint density at radius 3 is 2.48 bits per heavy atom. The second-order valence-corrected chi connectivity index (χ2v) is 6.16. The highest BCUT2D eigenvalue weighted by atomic mass is 19.1. The molecule has 0 radical (unpaired) electrons. The summed E-state index contributed by atoms with van der Waals surface area (Å²) in [6, 6.07) is 15.1. The van der Waals surface area contributed by atoms with Crippen LogP contribution < -0.4 is 10.2 Å². The van der Waals surface area contributed by atoms with Gasteiger partial charge in [0.1, 0.15) is 11.9 Å². The molecule has 3 aromatic rings. The van der Waals surface area contributed by atoms with E-state index in [1.807, 2.05) is 49.3 Å². The van der Waals surface area contributed by atoms with Crippen LogP contribution in [0.25, 0.3) is 11.1 Å². The van der Waals surface area contributed by atoms with Crippen molar-refractivity contribution in [1.29, 1.82) is 5.26 Å². The highest BCUT2D eigenvalue weighted by molar-refractivity contribution is 6.05. The van der Waals surface area contributed by atoms with E-state index < -0.39 is 11.7 Å². The highest BCUT2D eigenvalue weighted by Crippen LogP contribution is 2.23. The predicted octanol–water partition coefficient (Wildman–Crippen LogP) is 4.08. The van der Waals surface area contributed by atoms with Gasteiger partial charge in [0.05, 0.1) is 16.8 Å². The third-order valence-corrected chi connectivity index (χ3v) is 4.07. The van der Waals surface area contributed by atoms with Crippen molar-refractivity contribution < 1.29 is 9.18 Å². The van der Waals surface area contributed by atoms with Gasteiger partial charge < -0.3 is 10.2 Å². The van der Waals surface area contributed by atoms with Gasteiger partial charge in [-0.1, -0.05) is 12.1 Å². The Morgan fingerprint density at radius 1 is 1.07 bits per heavy atom. The molecule has 1 amide bonds. The minimum absolute atomic E-state index is 0.0618. The van der Waals surface area contributed by atoms with Crippen LogP contribution in [0.2, 0.25) is 0 Å². The molecule has 0 saturated heterocycles. The van der Waals surface area contributed by atoms with E-state index in [1.54, 1.807) is 12.3 Å². The summed E-state index contributed by atoms with van der Waals surface area (Å²) in [6.45, 7) is 0. The maximum absolute atomic E-state index is 13.2. The van der Waals surface area contributed by atoms with Gasteiger partial charge in [-0.15, -0.1) is 0 Å². The summed E-state index contributed by atoms with van der Waals surface area (Å²) in [5.74, 6) is -0.952. The predicted molar refractivity (Wildman–Crippen MR) is 103 cm³/mol. The van der Waals surface area contributed by atoms with Gasteiger partial charge >= 0.3 is 0 Å². The SMILES string of the molecule is CN(C)c1ccc(-c2cncc(C(=O)Nc3ccc(F)cc3C#N)c2)cc1. The van der Waals surface area contributed by atoms with E-state index in [1.165, 1.54) is 18.3 Å². The second-order valence-electron chi connectivity index (χ2n) is 6.16. The minimum Gasteiger partial charge on any atom is -0.378 e. The number of carbonyl (C=O) groups excluding carboxylic acids is 1. The van der Waals surface area contributed by atoms with E-state index in [4.69, 9.17) is 5.26 Å². The molecule has 0 saturated carbocycles. The summed E-state index contributed by atoms with van der Waals surface area (Å²) in [6.07, 6.45) is 3.13. The van der Waals surface area contributed by atoms with Crippen LogP contribution in [0.15, 0.2) is 60.9 Å². The lowest BCUT2D eigenvalue weighted by Crippen LogP contribution is -2.13. The molecule has 1 heterocycles. The van der Waals surface area contributed by atoms with E-state index in [0.717, 1.165) is 22.9 Å². The maximum Gasteiger partial charge on any atom is 0.257 e. The van der Waals surface area contributed by atoms with Gasteiger partial charge in [0, 0.05) is 37.7 Å². The zero-order chi connectivity index (χ0) is 19.4. The highest BCUT2D eigenvalue weighted by Gasteiger charge is 2.12. The lowest BCUT2D eigenvalue weighted by molar-refractivity contribution is 0.102. The molecule has 134 valence electrons. The largest absolute Gasteiger partial charge is 0.378 e. The molecule has 0 aliphatic carbocycles. The van der Waals surface area contributed by atoms with E-state index in [2.05, 4.69) is 10.3 Å². The van der Waals surface area contributed by atoms with Gasteiger partial charge in [-0.25, -0.2) is 4.39 Å². The third-order valence-electron chi connectivity index (χ3n) is 4.07. The summed E-state index contributed by atoms with van der Waals surface area (Å²) in [5, 5.41) is 11.7. The molecule has 0 bridgehead atoms. The third kappa shape index (κ3) is 4.10. The number of nitriles is 1. The number of benzene rings is 2. The first-order chi connectivity index (χ1) is 13.0. The van der Waals surface area contributed by atoms with Gasteiger partial charge in [0.2, 0.25) is 0 Å². The number of amides is 1. The van der Waals surface area contributed by atoms with Crippen molar-refractivity contribution in [1.82, 2.24) is 4.98 Å². The molecule has 3 rings (SSSR count). The summed E-state index contributed by atoms with van der Waals surface area (Å²) in [7, 11) is 3.93. The Balaban J connectivity index is 1.85. The quantitative estimate of drug-likeness (QED) is 0.761. The normalized spacial score (nSPS) is 10.1. The Bertz CT molecular complexity index is 1020. The molecule has 1 N–H and O–H groups in total. The molecule has 2 aromatic carbocycles. The first-order valence-corrected chi connectivity index (χ1v) is 8.22. The summed E-state index contributed by atoms with van der Waals surface area (Å²) in [5.41, 5.74) is 3.46. The molecule has 0 fully saturated rings. The fourth-order valence-corrected chi connectivity index (χ4v) is 2.59. The Hall–Kier alpha value is -3.72. The summed E-state index contributed by atoms with van der Waals surface area (Å²) in [4.78, 5) is 18.7. The molecule has 27 heavy (non-hydrogen) atoms. The molecular formula is C21H17FN4O. The first-order valence-electron chi connectivity index (χ1n) is 8.22. The number of nitrogens with one attached hydrogen (secondary N) is 1. The average molecular weight is 360 g/mol. The van der Waals surface area contributed by atoms with Gasteiger partial charge in [-0.3, -0.25) is 9.78 Å². The van der Waals surface area contributed by atoms with Crippen molar-refractivity contribution in [3.8, 4) is 17.2 Å². The Morgan fingerprint density at radius 2 is 1.81 bits per heavy atom. The lowest BCUT2D eigenvalue weighted by atomic mass is 10.1. The number of nitrogens with zero attached hydrogens (tertiary/aromatic N) is 3. The van der Waals surface area contributed by atoms with Crippen LogP contribution in [0.1, 0.15) is 15.9 Å². The van der Waals surface area contributed by atoms with Crippen molar-refractivity contribution in [2.24, 2.45) is 0 Å². The van der Waals surface area contributed by atoms with Gasteiger partial charge in [-0.05, 0) is 42.0 Å². The number of pyridine rings is 1. The number of carbonyl (C=O) groups is 1. The molecule has 0 aliphatic heterocycles. The van der Waals surface area contributed by atoms with Gasteiger partial charge in [0.25, 0.3) is 5.91 Å². The molecule has 6 heteroatoms. The number of aromatic nitrogens is 1. The molecule has 0 unspecified atom stereocenters. The topological polar surface area (TPSA) is 69.0 Å². The molecule has 0 atom stereocenters. The van der Waals surface area contributed by atoms with Gasteiger partial charge in [0.15, 0.2) is 0 Å². The number of halogens is 1. The minimum atomic E-state index is -0.533. The zero-order valence-electron chi connectivity index (χ0n) is 14.9. The fraction of sp³-hybridized carbons (Fsp3) is 0.0952. The van der Waals surface area contributed by atoms with Crippen LogP contribution in [-0.2, 0) is 0 Å². The van der Waals surface area contributed by atoms with E-state index >= 15 is 0 Å². The number of rotatable bonds is 4.